The largest absolute Gasteiger partial charge is 0.466 e. The highest BCUT2D eigenvalue weighted by molar-refractivity contribution is 6.29. The van der Waals surface area contributed by atoms with Crippen LogP contribution < -0.4 is 0 Å². The van der Waals surface area contributed by atoms with Crippen molar-refractivity contribution in [3.8, 4) is 0 Å². The maximum absolute atomic E-state index is 5.79. The maximum Gasteiger partial charge on any atom is 0.109 e. The fraction of sp³-hybridized carbons (Fsp3) is 0.222. The summed E-state index contributed by atoms with van der Waals surface area (Å²) in [6, 6.07) is 3.71. The van der Waals surface area contributed by atoms with Crippen LogP contribution in [0.5, 0.6) is 0 Å². The van der Waals surface area contributed by atoms with E-state index in [0.29, 0.717) is 12.2 Å². The summed E-state index contributed by atoms with van der Waals surface area (Å²) in [7, 11) is 0. The summed E-state index contributed by atoms with van der Waals surface area (Å²) in [5, 5.41) is 0.791. The van der Waals surface area contributed by atoms with Crippen LogP contribution in [0.1, 0.15) is 18.4 Å². The highest BCUT2D eigenvalue weighted by Crippen LogP contribution is 2.13. The molecule has 0 saturated heterocycles. The van der Waals surface area contributed by atoms with Gasteiger partial charge in [0.2, 0.25) is 0 Å². The summed E-state index contributed by atoms with van der Waals surface area (Å²) in [6.07, 6.45) is 2.51. The zero-order chi connectivity index (χ0) is 8.27. The average Bonchev–Trinajstić information content (AvgIpc) is 2.35. The van der Waals surface area contributed by atoms with E-state index >= 15 is 0 Å². The molecule has 0 fully saturated rings. The van der Waals surface area contributed by atoms with Crippen molar-refractivity contribution in [2.24, 2.45) is 0 Å². The van der Waals surface area contributed by atoms with Crippen LogP contribution in [0, 0.1) is 6.92 Å². The zero-order valence-corrected chi connectivity index (χ0v) is 7.19. The Labute approximate surface area is 71.7 Å². The monoisotopic (exact) mass is 169 g/mol. The van der Waals surface area contributed by atoms with Gasteiger partial charge in [-0.1, -0.05) is 17.7 Å². The molecular weight excluding hydrogens is 160 g/mol. The lowest BCUT2D eigenvalue weighted by Crippen LogP contribution is -1.79. The number of allylic oxidation sites excluding steroid dienone is 2. The van der Waals surface area contributed by atoms with Gasteiger partial charge in [0.15, 0.2) is 0 Å². The summed E-state index contributed by atoms with van der Waals surface area (Å²) < 4.78 is 5.22. The Hall–Kier alpha value is -0.690. The third-order valence-corrected chi connectivity index (χ3v) is 1.73. The average molecular weight is 170 g/mol. The second kappa shape index (κ2) is 3.63. The molecular formula is C9H10ClO. The van der Waals surface area contributed by atoms with Crippen LogP contribution in [-0.2, 0) is 6.42 Å². The third-order valence-electron chi connectivity index (χ3n) is 1.37. The Morgan fingerprint density at radius 2 is 2.45 bits per heavy atom. The normalized spacial score (nSPS) is 12.1. The van der Waals surface area contributed by atoms with Crippen molar-refractivity contribution >= 4 is 11.6 Å². The standard InChI is InChI=1S/C9H10ClO/c1-3-8(10)6-9-5-4-7(2)11-9/h3-5H,2,6H2,1H3. The molecule has 11 heavy (non-hydrogen) atoms. The quantitative estimate of drug-likeness (QED) is 0.663. The molecule has 0 amide bonds. The van der Waals surface area contributed by atoms with Crippen LogP contribution in [0.25, 0.3) is 0 Å². The molecule has 0 aliphatic rings. The van der Waals surface area contributed by atoms with Gasteiger partial charge in [0.1, 0.15) is 11.5 Å². The molecule has 0 atom stereocenters. The Balaban J connectivity index is 2.65. The highest BCUT2D eigenvalue weighted by atomic mass is 35.5. The molecule has 1 aromatic rings. The summed E-state index contributed by atoms with van der Waals surface area (Å²) in [5.74, 6) is 1.54. The van der Waals surface area contributed by atoms with E-state index in [0.717, 1.165) is 10.8 Å². The first-order valence-electron chi connectivity index (χ1n) is 3.43. The number of hydrogen-bond acceptors (Lipinski definition) is 1. The van der Waals surface area contributed by atoms with Crippen LogP contribution in [0.4, 0.5) is 0 Å². The molecule has 0 bridgehead atoms. The molecule has 0 N–H and O–H groups in total. The molecule has 59 valence electrons. The van der Waals surface area contributed by atoms with Gasteiger partial charge >= 0.3 is 0 Å². The predicted octanol–water partition coefficient (Wildman–Crippen LogP) is 3.15. The minimum Gasteiger partial charge on any atom is -0.466 e. The van der Waals surface area contributed by atoms with Crippen molar-refractivity contribution in [3.63, 3.8) is 0 Å². The van der Waals surface area contributed by atoms with Gasteiger partial charge in [-0.2, -0.15) is 0 Å². The Morgan fingerprint density at radius 3 is 2.91 bits per heavy atom. The van der Waals surface area contributed by atoms with Gasteiger partial charge in [-0.15, -0.1) is 0 Å². The van der Waals surface area contributed by atoms with Crippen LogP contribution >= 0.6 is 11.6 Å². The van der Waals surface area contributed by atoms with Gasteiger partial charge in [-0.25, -0.2) is 0 Å². The minimum atomic E-state index is 0.660. The topological polar surface area (TPSA) is 13.1 Å². The van der Waals surface area contributed by atoms with E-state index < -0.39 is 0 Å². The van der Waals surface area contributed by atoms with E-state index in [1.54, 1.807) is 0 Å². The van der Waals surface area contributed by atoms with Crippen molar-refractivity contribution < 1.29 is 4.42 Å². The number of furan rings is 1. The van der Waals surface area contributed by atoms with E-state index in [9.17, 15) is 0 Å². The molecule has 0 saturated carbocycles. The van der Waals surface area contributed by atoms with E-state index in [1.165, 1.54) is 0 Å². The van der Waals surface area contributed by atoms with Crippen molar-refractivity contribution in [2.45, 2.75) is 13.3 Å². The smallest absolute Gasteiger partial charge is 0.109 e. The Bertz CT molecular complexity index is 260. The van der Waals surface area contributed by atoms with Crippen LogP contribution in [0.2, 0.25) is 0 Å². The fourth-order valence-electron chi connectivity index (χ4n) is 0.786. The van der Waals surface area contributed by atoms with Gasteiger partial charge in [-0.05, 0) is 19.1 Å². The molecule has 0 aliphatic heterocycles. The summed E-state index contributed by atoms with van der Waals surface area (Å²) in [4.78, 5) is 0. The molecule has 1 rings (SSSR count). The highest BCUT2D eigenvalue weighted by Gasteiger charge is 1.99. The number of hydrogen-bond donors (Lipinski definition) is 0. The molecule has 1 radical (unpaired) electrons. The van der Waals surface area contributed by atoms with Crippen LogP contribution in [-0.4, -0.2) is 0 Å². The Kier molecular flexibility index (Phi) is 2.77. The van der Waals surface area contributed by atoms with Crippen molar-refractivity contribution in [3.05, 3.63) is 41.7 Å². The first-order valence-corrected chi connectivity index (χ1v) is 3.81. The van der Waals surface area contributed by atoms with Crippen molar-refractivity contribution in [1.29, 1.82) is 0 Å². The molecule has 1 nitrogen and oxygen atoms in total. The van der Waals surface area contributed by atoms with E-state index in [2.05, 4.69) is 6.92 Å². The van der Waals surface area contributed by atoms with Crippen LogP contribution in [0.3, 0.4) is 0 Å². The van der Waals surface area contributed by atoms with E-state index in [1.807, 2.05) is 25.1 Å². The van der Waals surface area contributed by atoms with Crippen molar-refractivity contribution in [2.75, 3.05) is 0 Å². The SMILES string of the molecule is [CH2]c1ccc(CC(Cl)=CC)o1. The molecule has 0 aromatic carbocycles. The van der Waals surface area contributed by atoms with E-state index in [4.69, 9.17) is 16.0 Å². The van der Waals surface area contributed by atoms with Crippen molar-refractivity contribution in [1.82, 2.24) is 0 Å². The lowest BCUT2D eigenvalue weighted by atomic mass is 10.3. The molecule has 1 aromatic heterocycles. The molecule has 2 heteroatoms. The van der Waals surface area contributed by atoms with Gasteiger partial charge < -0.3 is 4.42 Å². The molecule has 0 unspecified atom stereocenters. The van der Waals surface area contributed by atoms with Gasteiger partial charge in [0.25, 0.3) is 0 Å². The predicted molar refractivity (Wildman–Crippen MR) is 46.5 cm³/mol. The van der Waals surface area contributed by atoms with Gasteiger partial charge in [0.05, 0.1) is 0 Å². The number of rotatable bonds is 2. The molecule has 0 aliphatic carbocycles. The lowest BCUT2D eigenvalue weighted by molar-refractivity contribution is 0.506. The fourth-order valence-corrected chi connectivity index (χ4v) is 0.918. The summed E-state index contributed by atoms with van der Waals surface area (Å²) in [5.41, 5.74) is 0. The van der Waals surface area contributed by atoms with Gasteiger partial charge in [0, 0.05) is 18.4 Å². The maximum atomic E-state index is 5.79. The first kappa shape index (κ1) is 8.41. The second-order valence-corrected chi connectivity index (χ2v) is 2.77. The summed E-state index contributed by atoms with van der Waals surface area (Å²) in [6.45, 7) is 5.54. The van der Waals surface area contributed by atoms with E-state index in [-0.39, 0.29) is 0 Å². The minimum absolute atomic E-state index is 0.660. The third kappa shape index (κ3) is 2.43. The lowest BCUT2D eigenvalue weighted by Gasteiger charge is -1.92. The van der Waals surface area contributed by atoms with Crippen LogP contribution in [0.15, 0.2) is 27.7 Å². The Morgan fingerprint density at radius 1 is 1.73 bits per heavy atom. The first-order chi connectivity index (χ1) is 5.22. The zero-order valence-electron chi connectivity index (χ0n) is 6.43. The summed E-state index contributed by atoms with van der Waals surface area (Å²) >= 11 is 5.79. The second-order valence-electron chi connectivity index (χ2n) is 2.28. The molecule has 1 heterocycles. The number of halogens is 1. The van der Waals surface area contributed by atoms with Gasteiger partial charge in [-0.3, -0.25) is 0 Å². The molecule has 0 spiro atoms.